The van der Waals surface area contributed by atoms with Crippen molar-refractivity contribution in [3.05, 3.63) is 34.1 Å². The molecule has 0 unspecified atom stereocenters. The first-order chi connectivity index (χ1) is 5.56. The topological polar surface area (TPSA) is 38.5 Å². The Labute approximate surface area is 71.5 Å². The molecule has 1 aromatic carbocycles. The van der Waals surface area contributed by atoms with Gasteiger partial charge in [0, 0.05) is 0 Å². The summed E-state index contributed by atoms with van der Waals surface area (Å²) in [5.74, 6) is 0. The molecule has 0 aromatic heterocycles. The Balaban J connectivity index is 3.26. The fraction of sp³-hybridized carbons (Fsp3) is 0.125. The summed E-state index contributed by atoms with van der Waals surface area (Å²) in [5.41, 5.74) is 0.992. The van der Waals surface area contributed by atoms with Gasteiger partial charge in [0.05, 0.1) is 4.25 Å². The van der Waals surface area contributed by atoms with Crippen LogP contribution in [0.5, 0.6) is 0 Å². The van der Waals surface area contributed by atoms with Gasteiger partial charge >= 0.3 is 10.0 Å². The number of hydrogen-bond donors (Lipinski definition) is 0. The lowest BCUT2D eigenvalue weighted by molar-refractivity contribution is 0.604. The van der Waals surface area contributed by atoms with E-state index in [2.05, 4.69) is 4.25 Å². The molecule has 12 heavy (non-hydrogen) atoms. The molecule has 0 atom stereocenters. The maximum Gasteiger partial charge on any atom is 0.510 e. The van der Waals surface area contributed by atoms with Crippen LogP contribution in [-0.4, -0.2) is 8.42 Å². The molecular formula is C8H8NO2S+. The molecule has 0 saturated heterocycles. The molecule has 0 fully saturated rings. The van der Waals surface area contributed by atoms with Crippen LogP contribution in [-0.2, 0) is 10.0 Å². The Morgan fingerprint density at radius 2 is 1.75 bits per heavy atom. The smallest absolute Gasteiger partial charge is 0.143 e. The predicted octanol–water partition coefficient (Wildman–Crippen LogP) is 1.65. The van der Waals surface area contributed by atoms with E-state index in [1.165, 1.54) is 12.1 Å². The fourth-order valence-corrected chi connectivity index (χ4v) is 1.37. The van der Waals surface area contributed by atoms with Crippen molar-refractivity contribution in [1.29, 1.82) is 0 Å². The van der Waals surface area contributed by atoms with Crippen molar-refractivity contribution in [2.24, 2.45) is 0 Å². The van der Waals surface area contributed by atoms with Crippen LogP contribution in [0.25, 0.3) is 4.25 Å². The summed E-state index contributed by atoms with van der Waals surface area (Å²) in [6.45, 7) is 6.58. The molecule has 1 rings (SSSR count). The van der Waals surface area contributed by atoms with Crippen molar-refractivity contribution >= 4 is 10.0 Å². The van der Waals surface area contributed by atoms with Crippen LogP contribution in [0.15, 0.2) is 29.2 Å². The minimum atomic E-state index is -3.61. The van der Waals surface area contributed by atoms with Gasteiger partial charge in [-0.25, -0.2) is 0 Å². The quantitative estimate of drug-likeness (QED) is 0.662. The van der Waals surface area contributed by atoms with E-state index in [-0.39, 0.29) is 4.90 Å². The van der Waals surface area contributed by atoms with Gasteiger partial charge in [-0.3, -0.25) is 0 Å². The van der Waals surface area contributed by atoms with Gasteiger partial charge in [-0.05, 0) is 19.1 Å². The Kier molecular flexibility index (Phi) is 2.15. The maximum absolute atomic E-state index is 11.0. The molecular weight excluding hydrogens is 174 g/mol. The molecule has 0 spiro atoms. The van der Waals surface area contributed by atoms with Gasteiger partial charge in [-0.1, -0.05) is 17.7 Å². The monoisotopic (exact) mass is 182 g/mol. The van der Waals surface area contributed by atoms with Crippen molar-refractivity contribution in [1.82, 2.24) is 0 Å². The number of hydrogen-bond acceptors (Lipinski definition) is 2. The Hall–Kier alpha value is -1.34. The fourth-order valence-electron chi connectivity index (χ4n) is 0.771. The third-order valence-electron chi connectivity index (χ3n) is 1.46. The van der Waals surface area contributed by atoms with Gasteiger partial charge in [0.2, 0.25) is 0 Å². The van der Waals surface area contributed by atoms with Gasteiger partial charge in [0.15, 0.2) is 4.90 Å². The zero-order chi connectivity index (χ0) is 9.19. The van der Waals surface area contributed by atoms with Gasteiger partial charge < -0.3 is 0 Å². The standard InChI is InChI=1S/C8H8NO2S/c1-7-3-5-8(6-4-7)12(10,11)9-2/h2-6H,1H3/q+1. The van der Waals surface area contributed by atoms with Crippen LogP contribution in [0.3, 0.4) is 0 Å². The number of aryl methyl sites for hydroxylation is 1. The molecule has 4 heteroatoms. The van der Waals surface area contributed by atoms with E-state index in [9.17, 15) is 8.42 Å². The van der Waals surface area contributed by atoms with Crippen LogP contribution < -0.4 is 0 Å². The number of nitrogens with zero attached hydrogens (tertiary/aromatic N) is 1. The van der Waals surface area contributed by atoms with E-state index in [1.54, 1.807) is 12.1 Å². The summed E-state index contributed by atoms with van der Waals surface area (Å²) < 4.78 is 24.8. The van der Waals surface area contributed by atoms with Gasteiger partial charge in [0.25, 0.3) is 6.57 Å². The highest BCUT2D eigenvalue weighted by Crippen LogP contribution is 2.12. The SMILES string of the molecule is C#[N+]S(=O)(=O)c1ccc(C)cc1. The first-order valence-corrected chi connectivity index (χ1v) is 4.74. The van der Waals surface area contributed by atoms with Crippen LogP contribution in [0.4, 0.5) is 0 Å². The average molecular weight is 182 g/mol. The molecule has 0 N–H and O–H groups in total. The van der Waals surface area contributed by atoms with Crippen molar-refractivity contribution in [2.75, 3.05) is 0 Å². The lowest BCUT2D eigenvalue weighted by atomic mass is 10.2. The van der Waals surface area contributed by atoms with Crippen LogP contribution in [0.2, 0.25) is 0 Å². The number of benzene rings is 1. The lowest BCUT2D eigenvalue weighted by Gasteiger charge is -1.90. The van der Waals surface area contributed by atoms with Crippen molar-refractivity contribution < 1.29 is 8.42 Å². The second-order valence-corrected chi connectivity index (χ2v) is 4.03. The Morgan fingerprint density at radius 3 is 2.17 bits per heavy atom. The Morgan fingerprint density at radius 1 is 1.25 bits per heavy atom. The second-order valence-electron chi connectivity index (χ2n) is 2.39. The first kappa shape index (κ1) is 8.75. The highest BCUT2D eigenvalue weighted by atomic mass is 32.2. The van der Waals surface area contributed by atoms with Crippen LogP contribution in [0.1, 0.15) is 5.56 Å². The minimum absolute atomic E-state index is 0.121. The maximum atomic E-state index is 11.0. The molecule has 0 heterocycles. The van der Waals surface area contributed by atoms with Crippen LogP contribution >= 0.6 is 0 Å². The molecule has 0 bridgehead atoms. The molecule has 0 aliphatic rings. The van der Waals surface area contributed by atoms with Gasteiger partial charge in [-0.2, -0.15) is 0 Å². The largest absolute Gasteiger partial charge is 0.510 e. The zero-order valence-corrected chi connectivity index (χ0v) is 7.38. The zero-order valence-electron chi connectivity index (χ0n) is 6.56. The molecule has 1 aromatic rings. The highest BCUT2D eigenvalue weighted by Gasteiger charge is 2.21. The molecule has 3 nitrogen and oxygen atoms in total. The first-order valence-electron chi connectivity index (χ1n) is 3.30. The second kappa shape index (κ2) is 2.95. The van der Waals surface area contributed by atoms with Crippen molar-refractivity contribution in [3.8, 4) is 6.57 Å². The summed E-state index contributed by atoms with van der Waals surface area (Å²) >= 11 is 0. The van der Waals surface area contributed by atoms with E-state index >= 15 is 0 Å². The van der Waals surface area contributed by atoms with E-state index in [0.29, 0.717) is 0 Å². The molecule has 62 valence electrons. The van der Waals surface area contributed by atoms with Gasteiger partial charge in [0.1, 0.15) is 0 Å². The summed E-state index contributed by atoms with van der Waals surface area (Å²) in [6, 6.07) is 6.33. The molecule has 0 saturated carbocycles. The van der Waals surface area contributed by atoms with E-state index < -0.39 is 10.0 Å². The normalized spacial score (nSPS) is 10.7. The third kappa shape index (κ3) is 1.63. The van der Waals surface area contributed by atoms with Crippen molar-refractivity contribution in [3.63, 3.8) is 0 Å². The summed E-state index contributed by atoms with van der Waals surface area (Å²) in [4.78, 5) is 0.121. The lowest BCUT2D eigenvalue weighted by Crippen LogP contribution is -1.92. The van der Waals surface area contributed by atoms with E-state index in [4.69, 9.17) is 6.57 Å². The minimum Gasteiger partial charge on any atom is -0.143 e. The number of sulfonamides is 1. The third-order valence-corrected chi connectivity index (χ3v) is 2.60. The molecule has 0 radical (unpaired) electrons. The molecule has 0 aliphatic carbocycles. The summed E-state index contributed by atoms with van der Waals surface area (Å²) in [6.07, 6.45) is 0. The summed E-state index contributed by atoms with van der Waals surface area (Å²) in [5, 5.41) is 0. The van der Waals surface area contributed by atoms with E-state index in [1.807, 2.05) is 6.92 Å². The van der Waals surface area contributed by atoms with Gasteiger partial charge in [-0.15, -0.1) is 8.42 Å². The predicted molar refractivity (Wildman–Crippen MR) is 46.7 cm³/mol. The highest BCUT2D eigenvalue weighted by molar-refractivity contribution is 7.93. The average Bonchev–Trinajstić information content (AvgIpc) is 2.05. The van der Waals surface area contributed by atoms with Crippen LogP contribution in [0, 0.1) is 13.5 Å². The van der Waals surface area contributed by atoms with Crippen molar-refractivity contribution in [2.45, 2.75) is 11.8 Å². The number of rotatable bonds is 1. The molecule has 0 amide bonds. The van der Waals surface area contributed by atoms with E-state index in [0.717, 1.165) is 5.56 Å². The summed E-state index contributed by atoms with van der Waals surface area (Å²) in [7, 11) is -3.61. The molecule has 0 aliphatic heterocycles. The Bertz CT molecular complexity index is 411.